The van der Waals surface area contributed by atoms with Crippen molar-refractivity contribution in [2.45, 2.75) is 0 Å². The number of aliphatic hydroxyl groups is 4. The summed E-state index contributed by atoms with van der Waals surface area (Å²) in [6.07, 6.45) is 0. The van der Waals surface area contributed by atoms with Gasteiger partial charge in [-0.05, 0) is 57.9 Å². The van der Waals surface area contributed by atoms with Gasteiger partial charge in [-0.3, -0.25) is 0 Å². The third kappa shape index (κ3) is 3.58. The highest BCUT2D eigenvalue weighted by Gasteiger charge is 2.12. The van der Waals surface area contributed by atoms with Gasteiger partial charge in [0.15, 0.2) is 50.2 Å². The molecule has 0 fully saturated rings. The zero-order valence-corrected chi connectivity index (χ0v) is 13.7. The fourth-order valence-corrected chi connectivity index (χ4v) is 2.75. The van der Waals surface area contributed by atoms with Crippen molar-refractivity contribution in [2.75, 3.05) is 27.2 Å². The molecular formula is C18H18O8. The van der Waals surface area contributed by atoms with Gasteiger partial charge in [-0.2, -0.15) is 0 Å². The van der Waals surface area contributed by atoms with Gasteiger partial charge in [0.05, 0.1) is 0 Å². The first kappa shape index (κ1) is 18.0. The summed E-state index contributed by atoms with van der Waals surface area (Å²) in [5.41, 5.74) is 0. The van der Waals surface area contributed by atoms with Crippen LogP contribution in [0.1, 0.15) is 0 Å². The molecule has 0 aliphatic heterocycles. The predicted octanol–water partition coefficient (Wildman–Crippen LogP) is 1.31. The molecule has 4 N–H and O–H groups in total. The van der Waals surface area contributed by atoms with Gasteiger partial charge in [0.25, 0.3) is 0 Å². The molecule has 0 radical (unpaired) electrons. The van der Waals surface area contributed by atoms with Gasteiger partial charge in [0, 0.05) is 0 Å². The van der Waals surface area contributed by atoms with Crippen molar-refractivity contribution in [1.29, 1.82) is 0 Å². The standard InChI is InChI=1S/C18H18O8/c19-7-23-15-3-11-1-12-4-16(24-8-20)18(26-10-22)6-14(12)2-13(11)5-17(15)25-9-21/h1-6,19-22H,7-10H2. The molecule has 0 saturated heterocycles. The van der Waals surface area contributed by atoms with Crippen LogP contribution >= 0.6 is 0 Å². The van der Waals surface area contributed by atoms with Crippen LogP contribution in [0.5, 0.6) is 23.0 Å². The third-order valence-corrected chi connectivity index (χ3v) is 3.80. The Morgan fingerprint density at radius 1 is 0.423 bits per heavy atom. The van der Waals surface area contributed by atoms with Crippen molar-refractivity contribution in [3.05, 3.63) is 36.4 Å². The predicted molar refractivity (Wildman–Crippen MR) is 92.3 cm³/mol. The smallest absolute Gasteiger partial charge is 0.186 e. The maximum absolute atomic E-state index is 9.02. The summed E-state index contributed by atoms with van der Waals surface area (Å²) in [4.78, 5) is 0. The van der Waals surface area contributed by atoms with E-state index in [1.165, 1.54) is 0 Å². The Labute approximate surface area is 148 Å². The largest absolute Gasteiger partial charge is 0.464 e. The Kier molecular flexibility index (Phi) is 5.59. The molecule has 3 aromatic carbocycles. The van der Waals surface area contributed by atoms with E-state index in [-0.39, 0.29) is 0 Å². The second-order valence-corrected chi connectivity index (χ2v) is 5.24. The lowest BCUT2D eigenvalue weighted by atomic mass is 10.0. The molecule has 3 aromatic rings. The van der Waals surface area contributed by atoms with Crippen LogP contribution < -0.4 is 18.9 Å². The number of hydrogen-bond acceptors (Lipinski definition) is 8. The normalized spacial score (nSPS) is 10.9. The molecule has 0 spiro atoms. The quantitative estimate of drug-likeness (QED) is 0.350. The molecule has 0 amide bonds. The zero-order chi connectivity index (χ0) is 18.5. The van der Waals surface area contributed by atoms with E-state index in [0.717, 1.165) is 21.5 Å². The topological polar surface area (TPSA) is 118 Å². The summed E-state index contributed by atoms with van der Waals surface area (Å²) in [5, 5.41) is 39.3. The van der Waals surface area contributed by atoms with E-state index < -0.39 is 27.2 Å². The fraction of sp³-hybridized carbons (Fsp3) is 0.222. The van der Waals surface area contributed by atoms with Gasteiger partial charge >= 0.3 is 0 Å². The monoisotopic (exact) mass is 362 g/mol. The molecule has 0 heterocycles. The van der Waals surface area contributed by atoms with E-state index in [2.05, 4.69) is 0 Å². The number of benzene rings is 3. The van der Waals surface area contributed by atoms with Crippen molar-refractivity contribution >= 4 is 21.5 Å². The highest BCUT2D eigenvalue weighted by atomic mass is 16.6. The maximum Gasteiger partial charge on any atom is 0.186 e. The number of rotatable bonds is 8. The minimum atomic E-state index is -0.531. The summed E-state index contributed by atoms with van der Waals surface area (Å²) in [6, 6.07) is 10.5. The van der Waals surface area contributed by atoms with Crippen LogP contribution in [-0.2, 0) is 0 Å². The molecule has 8 heteroatoms. The number of hydrogen-bond donors (Lipinski definition) is 4. The van der Waals surface area contributed by atoms with Gasteiger partial charge in [0.1, 0.15) is 0 Å². The van der Waals surface area contributed by atoms with Crippen molar-refractivity contribution in [1.82, 2.24) is 0 Å². The summed E-state index contributed by atoms with van der Waals surface area (Å²) >= 11 is 0. The Balaban J connectivity index is 2.18. The van der Waals surface area contributed by atoms with E-state index in [9.17, 15) is 0 Å². The van der Waals surface area contributed by atoms with E-state index in [1.54, 1.807) is 24.3 Å². The molecule has 138 valence electrons. The first-order valence-corrected chi connectivity index (χ1v) is 7.70. The molecule has 0 aromatic heterocycles. The lowest BCUT2D eigenvalue weighted by Crippen LogP contribution is -2.01. The first-order chi connectivity index (χ1) is 12.7. The molecule has 3 rings (SSSR count). The van der Waals surface area contributed by atoms with E-state index in [1.807, 2.05) is 12.1 Å². The zero-order valence-electron chi connectivity index (χ0n) is 13.7. The van der Waals surface area contributed by atoms with Crippen molar-refractivity contribution in [3.63, 3.8) is 0 Å². The lowest BCUT2D eigenvalue weighted by molar-refractivity contribution is 0.0746. The van der Waals surface area contributed by atoms with Crippen LogP contribution in [0, 0.1) is 0 Å². The minimum absolute atomic E-state index is 0.292. The van der Waals surface area contributed by atoms with Crippen molar-refractivity contribution < 1.29 is 39.4 Å². The van der Waals surface area contributed by atoms with Gasteiger partial charge in [0.2, 0.25) is 0 Å². The second kappa shape index (κ2) is 8.07. The van der Waals surface area contributed by atoms with E-state index in [4.69, 9.17) is 39.4 Å². The molecule has 0 aliphatic carbocycles. The maximum atomic E-state index is 9.02. The number of fused-ring (bicyclic) bond motifs is 2. The summed E-state index contributed by atoms with van der Waals surface area (Å²) in [5.74, 6) is 1.17. The van der Waals surface area contributed by atoms with E-state index >= 15 is 0 Å². The second-order valence-electron chi connectivity index (χ2n) is 5.24. The van der Waals surface area contributed by atoms with Crippen LogP contribution in [0.2, 0.25) is 0 Å². The Morgan fingerprint density at radius 2 is 0.654 bits per heavy atom. The van der Waals surface area contributed by atoms with Gasteiger partial charge in [-0.15, -0.1) is 0 Å². The molecule has 0 bridgehead atoms. The lowest BCUT2D eigenvalue weighted by Gasteiger charge is -2.14. The summed E-state index contributed by atoms with van der Waals surface area (Å²) < 4.78 is 20.5. The molecule has 0 unspecified atom stereocenters. The van der Waals surface area contributed by atoms with Crippen LogP contribution in [-0.4, -0.2) is 47.6 Å². The molecular weight excluding hydrogens is 344 g/mol. The van der Waals surface area contributed by atoms with Gasteiger partial charge < -0.3 is 39.4 Å². The van der Waals surface area contributed by atoms with Crippen LogP contribution in [0.3, 0.4) is 0 Å². The van der Waals surface area contributed by atoms with Gasteiger partial charge in [-0.25, -0.2) is 0 Å². The highest BCUT2D eigenvalue weighted by Crippen LogP contribution is 2.38. The van der Waals surface area contributed by atoms with E-state index in [0.29, 0.717) is 23.0 Å². The average molecular weight is 362 g/mol. The molecule has 8 nitrogen and oxygen atoms in total. The summed E-state index contributed by atoms with van der Waals surface area (Å²) in [6.45, 7) is -2.12. The fourth-order valence-electron chi connectivity index (χ4n) is 2.75. The van der Waals surface area contributed by atoms with Gasteiger partial charge in [-0.1, -0.05) is 0 Å². The molecule has 0 atom stereocenters. The SMILES string of the molecule is OCOc1cc2cc3cc(OCO)c(OCO)cc3cc2cc1OCO. The highest BCUT2D eigenvalue weighted by molar-refractivity contribution is 6.00. The first-order valence-electron chi connectivity index (χ1n) is 7.70. The van der Waals surface area contributed by atoms with Crippen molar-refractivity contribution in [3.8, 4) is 23.0 Å². The average Bonchev–Trinajstić information content (AvgIpc) is 2.62. The number of ether oxygens (including phenoxy) is 4. The molecule has 0 saturated carbocycles. The van der Waals surface area contributed by atoms with Crippen LogP contribution in [0.4, 0.5) is 0 Å². The Hall–Kier alpha value is -2.78. The number of aliphatic hydroxyl groups excluding tert-OH is 4. The molecule has 0 aliphatic rings. The minimum Gasteiger partial charge on any atom is -0.464 e. The third-order valence-electron chi connectivity index (χ3n) is 3.80. The van der Waals surface area contributed by atoms with Crippen LogP contribution in [0.25, 0.3) is 21.5 Å². The molecule has 26 heavy (non-hydrogen) atoms. The summed E-state index contributed by atoms with van der Waals surface area (Å²) in [7, 11) is 0. The van der Waals surface area contributed by atoms with Crippen molar-refractivity contribution in [2.24, 2.45) is 0 Å². The Bertz CT molecular complexity index is 764. The Morgan fingerprint density at radius 3 is 0.846 bits per heavy atom. The van der Waals surface area contributed by atoms with Crippen LogP contribution in [0.15, 0.2) is 36.4 Å².